The zero-order valence-electron chi connectivity index (χ0n) is 8.06. The van der Waals surface area contributed by atoms with Gasteiger partial charge in [-0.3, -0.25) is 0 Å². The van der Waals surface area contributed by atoms with Gasteiger partial charge in [0.2, 0.25) is 0 Å². The first-order valence-corrected chi connectivity index (χ1v) is 4.91. The lowest BCUT2D eigenvalue weighted by Crippen LogP contribution is -2.32. The Labute approximate surface area is 70.6 Å². The minimum atomic E-state index is 0.725. The van der Waals surface area contributed by atoms with Crippen molar-refractivity contribution in [3.8, 4) is 0 Å². The quantitative estimate of drug-likeness (QED) is 0.645. The van der Waals surface area contributed by atoms with Gasteiger partial charge in [0, 0.05) is 6.04 Å². The number of rotatable bonds is 2. The van der Waals surface area contributed by atoms with Gasteiger partial charge in [0.1, 0.15) is 0 Å². The highest BCUT2D eigenvalue weighted by Crippen LogP contribution is 2.29. The van der Waals surface area contributed by atoms with Gasteiger partial charge in [-0.1, -0.05) is 19.8 Å². The third kappa shape index (κ3) is 2.48. The number of hydrogen-bond acceptors (Lipinski definition) is 1. The summed E-state index contributed by atoms with van der Waals surface area (Å²) in [4.78, 5) is 0. The average Bonchev–Trinajstić information content (AvgIpc) is 2.05. The van der Waals surface area contributed by atoms with Gasteiger partial charge >= 0.3 is 0 Å². The second-order valence-corrected chi connectivity index (χ2v) is 4.10. The molecule has 0 heterocycles. The molecule has 0 spiro atoms. The molecule has 0 aromatic heterocycles. The summed E-state index contributed by atoms with van der Waals surface area (Å²) in [6.45, 7) is 4.68. The fourth-order valence-corrected chi connectivity index (χ4v) is 2.02. The van der Waals surface area contributed by atoms with Gasteiger partial charge in [-0.2, -0.15) is 0 Å². The van der Waals surface area contributed by atoms with E-state index in [1.165, 1.54) is 25.7 Å². The Morgan fingerprint density at radius 2 is 1.73 bits per heavy atom. The van der Waals surface area contributed by atoms with Crippen LogP contribution in [0.4, 0.5) is 0 Å². The fourth-order valence-electron chi connectivity index (χ4n) is 2.02. The van der Waals surface area contributed by atoms with Crippen molar-refractivity contribution >= 4 is 0 Å². The zero-order chi connectivity index (χ0) is 8.27. The Hall–Kier alpha value is -0.0400. The van der Waals surface area contributed by atoms with Gasteiger partial charge in [0.25, 0.3) is 0 Å². The molecule has 0 bridgehead atoms. The summed E-state index contributed by atoms with van der Waals surface area (Å²) in [5, 5.41) is 3.35. The molecule has 1 N–H and O–H groups in total. The van der Waals surface area contributed by atoms with Crippen molar-refractivity contribution in [2.75, 3.05) is 7.05 Å². The molecule has 1 aliphatic carbocycles. The van der Waals surface area contributed by atoms with Crippen LogP contribution >= 0.6 is 0 Å². The van der Waals surface area contributed by atoms with E-state index in [1.807, 2.05) is 0 Å². The maximum atomic E-state index is 3.35. The van der Waals surface area contributed by atoms with E-state index in [0.29, 0.717) is 0 Å². The van der Waals surface area contributed by atoms with Gasteiger partial charge in [-0.15, -0.1) is 0 Å². The largest absolute Gasteiger partial charge is 0.317 e. The minimum Gasteiger partial charge on any atom is -0.317 e. The maximum absolute atomic E-state index is 3.35. The first-order valence-electron chi connectivity index (χ1n) is 4.91. The molecule has 1 atom stereocenters. The monoisotopic (exact) mass is 155 g/mol. The average molecular weight is 155 g/mol. The van der Waals surface area contributed by atoms with Crippen LogP contribution in [-0.4, -0.2) is 13.1 Å². The van der Waals surface area contributed by atoms with E-state index in [-0.39, 0.29) is 0 Å². The molecule has 1 nitrogen and oxygen atoms in total. The Kier molecular flexibility index (Phi) is 3.38. The topological polar surface area (TPSA) is 12.0 Å². The summed E-state index contributed by atoms with van der Waals surface area (Å²) in [7, 11) is 2.07. The van der Waals surface area contributed by atoms with Crippen molar-refractivity contribution < 1.29 is 0 Å². The van der Waals surface area contributed by atoms with Crippen molar-refractivity contribution in [1.82, 2.24) is 5.32 Å². The lowest BCUT2D eigenvalue weighted by molar-refractivity contribution is 0.245. The summed E-state index contributed by atoms with van der Waals surface area (Å²) in [6, 6.07) is 0.725. The van der Waals surface area contributed by atoms with E-state index in [0.717, 1.165) is 17.9 Å². The lowest BCUT2D eigenvalue weighted by atomic mass is 9.80. The van der Waals surface area contributed by atoms with Crippen molar-refractivity contribution in [3.63, 3.8) is 0 Å². The van der Waals surface area contributed by atoms with Crippen LogP contribution in [0.2, 0.25) is 0 Å². The van der Waals surface area contributed by atoms with E-state index in [2.05, 4.69) is 26.2 Å². The summed E-state index contributed by atoms with van der Waals surface area (Å²) in [5.74, 6) is 1.92. The van der Waals surface area contributed by atoms with E-state index >= 15 is 0 Å². The highest BCUT2D eigenvalue weighted by molar-refractivity contribution is 4.76. The molecule has 0 radical (unpaired) electrons. The second-order valence-electron chi connectivity index (χ2n) is 4.10. The van der Waals surface area contributed by atoms with Crippen molar-refractivity contribution in [1.29, 1.82) is 0 Å². The van der Waals surface area contributed by atoms with E-state index in [1.54, 1.807) is 0 Å². The standard InChI is InChI=1S/C10H21N/c1-8-4-6-10(7-5-8)9(2)11-3/h8-11H,4-7H2,1-3H3/t8?,9-,10?/m1/s1. The Morgan fingerprint density at radius 1 is 1.18 bits per heavy atom. The maximum Gasteiger partial charge on any atom is 0.00640 e. The summed E-state index contributed by atoms with van der Waals surface area (Å²) < 4.78 is 0. The van der Waals surface area contributed by atoms with E-state index in [9.17, 15) is 0 Å². The zero-order valence-corrected chi connectivity index (χ0v) is 8.06. The molecule has 0 saturated heterocycles. The highest BCUT2D eigenvalue weighted by atomic mass is 14.9. The Bertz CT molecular complexity index is 103. The van der Waals surface area contributed by atoms with Gasteiger partial charge in [0.15, 0.2) is 0 Å². The van der Waals surface area contributed by atoms with Gasteiger partial charge < -0.3 is 5.32 Å². The normalized spacial score (nSPS) is 35.2. The molecule has 1 aliphatic rings. The van der Waals surface area contributed by atoms with Crippen molar-refractivity contribution in [2.24, 2.45) is 11.8 Å². The Morgan fingerprint density at radius 3 is 2.18 bits per heavy atom. The first-order chi connectivity index (χ1) is 5.24. The summed E-state index contributed by atoms with van der Waals surface area (Å²) in [5.41, 5.74) is 0. The number of hydrogen-bond donors (Lipinski definition) is 1. The first kappa shape index (κ1) is 9.05. The molecule has 1 fully saturated rings. The SMILES string of the molecule is CN[C@H](C)C1CCC(C)CC1. The van der Waals surface area contributed by atoms with Crippen LogP contribution in [0.25, 0.3) is 0 Å². The van der Waals surface area contributed by atoms with E-state index < -0.39 is 0 Å². The Balaban J connectivity index is 2.27. The highest BCUT2D eigenvalue weighted by Gasteiger charge is 2.21. The lowest BCUT2D eigenvalue weighted by Gasteiger charge is -2.30. The third-order valence-electron chi connectivity index (χ3n) is 3.22. The van der Waals surface area contributed by atoms with Crippen LogP contribution in [-0.2, 0) is 0 Å². The van der Waals surface area contributed by atoms with Crippen LogP contribution in [0, 0.1) is 11.8 Å². The van der Waals surface area contributed by atoms with Gasteiger partial charge in [-0.05, 0) is 38.6 Å². The van der Waals surface area contributed by atoms with Crippen LogP contribution in [0.5, 0.6) is 0 Å². The van der Waals surface area contributed by atoms with Crippen molar-refractivity contribution in [3.05, 3.63) is 0 Å². The molecule has 0 aliphatic heterocycles. The van der Waals surface area contributed by atoms with Gasteiger partial charge in [-0.25, -0.2) is 0 Å². The summed E-state index contributed by atoms with van der Waals surface area (Å²) >= 11 is 0. The summed E-state index contributed by atoms with van der Waals surface area (Å²) in [6.07, 6.45) is 5.75. The molecular formula is C10H21N. The fraction of sp³-hybridized carbons (Fsp3) is 1.00. The van der Waals surface area contributed by atoms with Crippen LogP contribution in [0.15, 0.2) is 0 Å². The van der Waals surface area contributed by atoms with Crippen LogP contribution in [0.3, 0.4) is 0 Å². The second kappa shape index (κ2) is 4.10. The molecule has 0 aromatic rings. The van der Waals surface area contributed by atoms with Crippen LogP contribution < -0.4 is 5.32 Å². The molecule has 1 rings (SSSR count). The van der Waals surface area contributed by atoms with Crippen LogP contribution in [0.1, 0.15) is 39.5 Å². The molecule has 11 heavy (non-hydrogen) atoms. The predicted molar refractivity (Wildman–Crippen MR) is 49.6 cm³/mol. The molecule has 0 amide bonds. The molecule has 1 saturated carbocycles. The molecule has 0 aromatic carbocycles. The number of nitrogens with one attached hydrogen (secondary N) is 1. The molecular weight excluding hydrogens is 134 g/mol. The molecule has 1 heteroatoms. The predicted octanol–water partition coefficient (Wildman–Crippen LogP) is 2.42. The molecule has 0 unspecified atom stereocenters. The smallest absolute Gasteiger partial charge is 0.00640 e. The molecule has 66 valence electrons. The van der Waals surface area contributed by atoms with E-state index in [4.69, 9.17) is 0 Å². The minimum absolute atomic E-state index is 0.725. The van der Waals surface area contributed by atoms with Crippen molar-refractivity contribution in [2.45, 2.75) is 45.6 Å². The van der Waals surface area contributed by atoms with Gasteiger partial charge in [0.05, 0.1) is 0 Å². The third-order valence-corrected chi connectivity index (χ3v) is 3.22.